The number of amides is 1. The molecule has 20 heavy (non-hydrogen) atoms. The third-order valence-electron chi connectivity index (χ3n) is 2.68. The number of carboxylic acids is 1. The first kappa shape index (κ1) is 16.6. The summed E-state index contributed by atoms with van der Waals surface area (Å²) in [5.41, 5.74) is 0. The molecule has 0 aliphatic carbocycles. The highest BCUT2D eigenvalue weighted by molar-refractivity contribution is 7.12. The van der Waals surface area contributed by atoms with E-state index in [2.05, 4.69) is 0 Å². The largest absolute Gasteiger partial charge is 0.481 e. The van der Waals surface area contributed by atoms with Gasteiger partial charge in [0.05, 0.1) is 30.6 Å². The molecular formula is C13H19NO5S. The highest BCUT2D eigenvalue weighted by atomic mass is 32.1. The van der Waals surface area contributed by atoms with Crippen LogP contribution in [-0.4, -0.2) is 59.9 Å². The van der Waals surface area contributed by atoms with E-state index in [1.54, 1.807) is 24.4 Å². The van der Waals surface area contributed by atoms with Crippen LogP contribution in [0.1, 0.15) is 16.6 Å². The van der Waals surface area contributed by atoms with E-state index in [9.17, 15) is 9.59 Å². The summed E-state index contributed by atoms with van der Waals surface area (Å²) in [6.07, 6.45) is 0. The number of ether oxygens (including phenoxy) is 1. The number of aliphatic hydroxyl groups excluding tert-OH is 1. The lowest BCUT2D eigenvalue weighted by Crippen LogP contribution is -2.38. The van der Waals surface area contributed by atoms with E-state index in [0.717, 1.165) is 0 Å². The molecule has 112 valence electrons. The molecule has 0 bridgehead atoms. The van der Waals surface area contributed by atoms with Gasteiger partial charge in [0.1, 0.15) is 0 Å². The van der Waals surface area contributed by atoms with Crippen molar-refractivity contribution in [3.8, 4) is 0 Å². The minimum Gasteiger partial charge on any atom is -0.481 e. The Balaban J connectivity index is 2.63. The molecule has 0 aliphatic rings. The average Bonchev–Trinajstić information content (AvgIpc) is 2.95. The van der Waals surface area contributed by atoms with Crippen molar-refractivity contribution < 1.29 is 24.5 Å². The van der Waals surface area contributed by atoms with E-state index in [-0.39, 0.29) is 32.3 Å². The first-order valence-corrected chi connectivity index (χ1v) is 7.18. The van der Waals surface area contributed by atoms with Crippen LogP contribution >= 0.6 is 11.3 Å². The first-order valence-electron chi connectivity index (χ1n) is 6.30. The van der Waals surface area contributed by atoms with Gasteiger partial charge in [-0.15, -0.1) is 11.3 Å². The fraction of sp³-hybridized carbons (Fsp3) is 0.538. The monoisotopic (exact) mass is 301 g/mol. The Labute approximate surface area is 121 Å². The van der Waals surface area contributed by atoms with E-state index in [4.69, 9.17) is 14.9 Å². The third kappa shape index (κ3) is 5.28. The highest BCUT2D eigenvalue weighted by Crippen LogP contribution is 2.13. The van der Waals surface area contributed by atoms with E-state index in [1.165, 1.54) is 16.2 Å². The number of hydrogen-bond donors (Lipinski definition) is 2. The molecule has 2 N–H and O–H groups in total. The van der Waals surface area contributed by atoms with Crippen molar-refractivity contribution in [1.82, 2.24) is 4.90 Å². The maximum absolute atomic E-state index is 12.3. The fourth-order valence-electron chi connectivity index (χ4n) is 1.58. The summed E-state index contributed by atoms with van der Waals surface area (Å²) in [4.78, 5) is 25.2. The molecule has 1 heterocycles. The number of rotatable bonds is 9. The van der Waals surface area contributed by atoms with Crippen molar-refractivity contribution in [3.63, 3.8) is 0 Å². The molecule has 0 saturated carbocycles. The molecule has 7 heteroatoms. The standard InChI is InChI=1S/C13H19NO5S/c1-10(13(17)18)9-14(4-6-19-7-5-15)12(16)11-3-2-8-20-11/h2-3,8,10,15H,4-7,9H2,1H3,(H,17,18). The maximum Gasteiger partial charge on any atom is 0.308 e. The predicted octanol–water partition coefficient (Wildman–Crippen LogP) is 0.920. The summed E-state index contributed by atoms with van der Waals surface area (Å²) in [5, 5.41) is 19.4. The Hall–Kier alpha value is -1.44. The second-order valence-electron chi connectivity index (χ2n) is 4.30. The predicted molar refractivity (Wildman–Crippen MR) is 74.9 cm³/mol. The zero-order valence-electron chi connectivity index (χ0n) is 11.3. The van der Waals surface area contributed by atoms with Gasteiger partial charge in [-0.2, -0.15) is 0 Å². The maximum atomic E-state index is 12.3. The van der Waals surface area contributed by atoms with Crippen molar-refractivity contribution in [2.75, 3.05) is 32.9 Å². The van der Waals surface area contributed by atoms with Crippen LogP contribution in [0.4, 0.5) is 0 Å². The molecule has 0 fully saturated rings. The van der Waals surface area contributed by atoms with E-state index < -0.39 is 11.9 Å². The Kier molecular flexibility index (Phi) is 7.21. The summed E-state index contributed by atoms with van der Waals surface area (Å²) in [6.45, 7) is 2.39. The molecule has 1 atom stereocenters. The summed E-state index contributed by atoms with van der Waals surface area (Å²) in [5.74, 6) is -1.78. The van der Waals surface area contributed by atoms with Gasteiger partial charge < -0.3 is 19.8 Å². The third-order valence-corrected chi connectivity index (χ3v) is 3.53. The van der Waals surface area contributed by atoms with Gasteiger partial charge in [-0.25, -0.2) is 0 Å². The quantitative estimate of drug-likeness (QED) is 0.662. The lowest BCUT2D eigenvalue weighted by atomic mass is 10.1. The molecule has 0 spiro atoms. The van der Waals surface area contributed by atoms with Gasteiger partial charge in [0.15, 0.2) is 0 Å². The number of aliphatic hydroxyl groups is 1. The Bertz CT molecular complexity index is 420. The van der Waals surface area contributed by atoms with Crippen molar-refractivity contribution in [1.29, 1.82) is 0 Å². The fourth-order valence-corrected chi connectivity index (χ4v) is 2.27. The second-order valence-corrected chi connectivity index (χ2v) is 5.25. The number of nitrogens with zero attached hydrogens (tertiary/aromatic N) is 1. The molecule has 0 saturated heterocycles. The first-order chi connectivity index (χ1) is 9.56. The topological polar surface area (TPSA) is 87.1 Å². The van der Waals surface area contributed by atoms with E-state index in [1.807, 2.05) is 0 Å². The van der Waals surface area contributed by atoms with Gasteiger partial charge in [-0.1, -0.05) is 13.0 Å². The van der Waals surface area contributed by atoms with Gasteiger partial charge in [-0.05, 0) is 11.4 Å². The number of carbonyl (C=O) groups excluding carboxylic acids is 1. The molecule has 0 radical (unpaired) electrons. The minimum absolute atomic E-state index is 0.0790. The lowest BCUT2D eigenvalue weighted by molar-refractivity contribution is -0.141. The number of carbonyl (C=O) groups is 2. The van der Waals surface area contributed by atoms with Crippen LogP contribution in [0.3, 0.4) is 0 Å². The summed E-state index contributed by atoms with van der Waals surface area (Å²) in [7, 11) is 0. The van der Waals surface area contributed by atoms with Crippen LogP contribution in [0.2, 0.25) is 0 Å². The van der Waals surface area contributed by atoms with Crippen molar-refractivity contribution in [2.45, 2.75) is 6.92 Å². The smallest absolute Gasteiger partial charge is 0.308 e. The summed E-state index contributed by atoms with van der Waals surface area (Å²) < 4.78 is 5.13. The Morgan fingerprint density at radius 2 is 2.20 bits per heavy atom. The number of aliphatic carboxylic acids is 1. The Morgan fingerprint density at radius 1 is 1.45 bits per heavy atom. The Morgan fingerprint density at radius 3 is 2.75 bits per heavy atom. The summed E-state index contributed by atoms with van der Waals surface area (Å²) in [6, 6.07) is 3.49. The number of carboxylic acid groups (broad SMARTS) is 1. The molecule has 1 amide bonds. The SMILES string of the molecule is CC(CN(CCOCCO)C(=O)c1cccs1)C(=O)O. The van der Waals surface area contributed by atoms with Crippen molar-refractivity contribution in [2.24, 2.45) is 5.92 Å². The summed E-state index contributed by atoms with van der Waals surface area (Å²) >= 11 is 1.32. The second kappa shape index (κ2) is 8.68. The van der Waals surface area contributed by atoms with Crippen LogP contribution in [0, 0.1) is 5.92 Å². The van der Waals surface area contributed by atoms with E-state index >= 15 is 0 Å². The molecule has 1 aromatic rings. The normalized spacial score (nSPS) is 12.1. The molecule has 1 unspecified atom stereocenters. The molecule has 0 aromatic carbocycles. The van der Waals surface area contributed by atoms with Crippen LogP contribution in [0.5, 0.6) is 0 Å². The van der Waals surface area contributed by atoms with Crippen LogP contribution in [-0.2, 0) is 9.53 Å². The van der Waals surface area contributed by atoms with E-state index in [0.29, 0.717) is 11.4 Å². The number of hydrogen-bond acceptors (Lipinski definition) is 5. The van der Waals surface area contributed by atoms with Gasteiger partial charge in [0.25, 0.3) is 5.91 Å². The van der Waals surface area contributed by atoms with Gasteiger partial charge in [-0.3, -0.25) is 9.59 Å². The molecule has 1 aromatic heterocycles. The lowest BCUT2D eigenvalue weighted by Gasteiger charge is -2.24. The zero-order valence-corrected chi connectivity index (χ0v) is 12.1. The number of thiophene rings is 1. The van der Waals surface area contributed by atoms with Crippen LogP contribution < -0.4 is 0 Å². The zero-order chi connectivity index (χ0) is 15.0. The molecule has 6 nitrogen and oxygen atoms in total. The molecule has 0 aliphatic heterocycles. The van der Waals surface area contributed by atoms with Crippen molar-refractivity contribution in [3.05, 3.63) is 22.4 Å². The van der Waals surface area contributed by atoms with Crippen LogP contribution in [0.25, 0.3) is 0 Å². The average molecular weight is 301 g/mol. The van der Waals surface area contributed by atoms with Crippen LogP contribution in [0.15, 0.2) is 17.5 Å². The van der Waals surface area contributed by atoms with Crippen molar-refractivity contribution >= 4 is 23.2 Å². The molecular weight excluding hydrogens is 282 g/mol. The van der Waals surface area contributed by atoms with Gasteiger partial charge in [0.2, 0.25) is 0 Å². The highest BCUT2D eigenvalue weighted by Gasteiger charge is 2.22. The minimum atomic E-state index is -0.940. The molecule has 1 rings (SSSR count). The van der Waals surface area contributed by atoms with Gasteiger partial charge >= 0.3 is 5.97 Å². The van der Waals surface area contributed by atoms with Gasteiger partial charge in [0, 0.05) is 13.1 Å².